The normalized spacial score (nSPS) is 41.1. The second kappa shape index (κ2) is 2.47. The Bertz CT molecular complexity index is 276. The number of rotatable bonds is 1. The molecule has 12 heavy (non-hydrogen) atoms. The van der Waals surface area contributed by atoms with Gasteiger partial charge in [-0.1, -0.05) is 24.6 Å². The first-order valence-electron chi connectivity index (χ1n) is 4.31. The summed E-state index contributed by atoms with van der Waals surface area (Å²) in [7, 11) is 0. The van der Waals surface area contributed by atoms with E-state index in [1.165, 1.54) is 6.08 Å². The van der Waals surface area contributed by atoms with Crippen molar-refractivity contribution >= 4 is 5.97 Å². The van der Waals surface area contributed by atoms with E-state index in [9.17, 15) is 4.79 Å². The Balaban J connectivity index is 2.19. The standard InChI is InChI=1S/C10H12O2/c1-6-7-3-2-4-8(7)9(6)5-10(11)12/h2,4-8H,3H2,1H3,(H,11,12)/b9-5-/t6?,7-,8-/m1/s1. The number of carbonyl (C=O) groups is 1. The van der Waals surface area contributed by atoms with Crippen LogP contribution in [-0.2, 0) is 4.79 Å². The number of hydrogen-bond acceptors (Lipinski definition) is 1. The van der Waals surface area contributed by atoms with E-state index in [2.05, 4.69) is 19.1 Å². The first-order valence-corrected chi connectivity index (χ1v) is 4.31. The summed E-state index contributed by atoms with van der Waals surface area (Å²) in [6.45, 7) is 2.11. The topological polar surface area (TPSA) is 37.3 Å². The molecule has 0 aromatic rings. The third-order valence-electron chi connectivity index (χ3n) is 3.06. The largest absolute Gasteiger partial charge is 0.478 e. The molecule has 0 aliphatic heterocycles. The molecule has 0 heterocycles. The quantitative estimate of drug-likeness (QED) is 0.474. The Hall–Kier alpha value is -1.05. The van der Waals surface area contributed by atoms with Crippen LogP contribution in [0.2, 0.25) is 0 Å². The van der Waals surface area contributed by atoms with Gasteiger partial charge in [0.1, 0.15) is 0 Å². The van der Waals surface area contributed by atoms with Gasteiger partial charge in [0.15, 0.2) is 0 Å². The summed E-state index contributed by atoms with van der Waals surface area (Å²) in [5.74, 6) is 0.795. The van der Waals surface area contributed by atoms with Crippen LogP contribution in [0.4, 0.5) is 0 Å². The summed E-state index contributed by atoms with van der Waals surface area (Å²) >= 11 is 0. The molecule has 2 nitrogen and oxygen atoms in total. The van der Waals surface area contributed by atoms with Gasteiger partial charge in [-0.05, 0) is 18.3 Å². The van der Waals surface area contributed by atoms with Crippen LogP contribution >= 0.6 is 0 Å². The molecule has 0 spiro atoms. The SMILES string of the molecule is CC1/C(=C/C(=O)O)[C@@H]2C=CC[C@H]12. The molecule has 3 atom stereocenters. The second-order valence-electron chi connectivity index (χ2n) is 3.62. The molecule has 2 rings (SSSR count). The van der Waals surface area contributed by atoms with E-state index in [0.29, 0.717) is 17.8 Å². The lowest BCUT2D eigenvalue weighted by atomic mass is 9.63. The molecule has 0 aromatic carbocycles. The number of allylic oxidation sites excluding steroid dienone is 3. The van der Waals surface area contributed by atoms with Crippen LogP contribution in [0, 0.1) is 17.8 Å². The summed E-state index contributed by atoms with van der Waals surface area (Å²) in [5.41, 5.74) is 1.10. The van der Waals surface area contributed by atoms with Gasteiger partial charge in [0.25, 0.3) is 0 Å². The monoisotopic (exact) mass is 164 g/mol. The fraction of sp³-hybridized carbons (Fsp3) is 0.500. The van der Waals surface area contributed by atoms with Gasteiger partial charge in [0.2, 0.25) is 0 Å². The Morgan fingerprint density at radius 1 is 1.75 bits per heavy atom. The minimum absolute atomic E-state index is 0.441. The minimum atomic E-state index is -0.810. The van der Waals surface area contributed by atoms with Crippen LogP contribution < -0.4 is 0 Å². The zero-order valence-corrected chi connectivity index (χ0v) is 7.03. The molecule has 2 aliphatic carbocycles. The molecule has 0 amide bonds. The van der Waals surface area contributed by atoms with E-state index in [0.717, 1.165) is 12.0 Å². The van der Waals surface area contributed by atoms with Crippen LogP contribution in [0.25, 0.3) is 0 Å². The molecule has 0 saturated heterocycles. The Labute approximate surface area is 71.6 Å². The number of fused-ring (bicyclic) bond motifs is 1. The van der Waals surface area contributed by atoms with Crippen molar-refractivity contribution in [1.82, 2.24) is 0 Å². The molecule has 0 aromatic heterocycles. The van der Waals surface area contributed by atoms with Crippen LogP contribution in [0.3, 0.4) is 0 Å². The summed E-state index contributed by atoms with van der Waals surface area (Å²) in [6, 6.07) is 0. The predicted octanol–water partition coefficient (Wildman–Crippen LogP) is 1.84. The highest BCUT2D eigenvalue weighted by Crippen LogP contribution is 2.51. The van der Waals surface area contributed by atoms with Crippen LogP contribution in [0.5, 0.6) is 0 Å². The Morgan fingerprint density at radius 3 is 3.17 bits per heavy atom. The van der Waals surface area contributed by atoms with Gasteiger partial charge in [0, 0.05) is 12.0 Å². The second-order valence-corrected chi connectivity index (χ2v) is 3.62. The average molecular weight is 164 g/mol. The van der Waals surface area contributed by atoms with E-state index in [4.69, 9.17) is 5.11 Å². The molecule has 1 N–H and O–H groups in total. The number of carboxylic acid groups (broad SMARTS) is 1. The summed E-state index contributed by atoms with van der Waals surface area (Å²) in [6.07, 6.45) is 6.80. The fourth-order valence-electron chi connectivity index (χ4n) is 2.35. The van der Waals surface area contributed by atoms with Crippen molar-refractivity contribution < 1.29 is 9.90 Å². The molecule has 64 valence electrons. The Kier molecular flexibility index (Phi) is 1.56. The lowest BCUT2D eigenvalue weighted by molar-refractivity contribution is -0.131. The van der Waals surface area contributed by atoms with Gasteiger partial charge in [-0.25, -0.2) is 4.79 Å². The third-order valence-corrected chi connectivity index (χ3v) is 3.06. The number of carboxylic acids is 1. The molecule has 0 bridgehead atoms. The fourth-order valence-corrected chi connectivity index (χ4v) is 2.35. The highest BCUT2D eigenvalue weighted by atomic mass is 16.4. The molecule has 1 unspecified atom stereocenters. The molecule has 2 aliphatic rings. The van der Waals surface area contributed by atoms with Crippen LogP contribution in [0.1, 0.15) is 13.3 Å². The maximum absolute atomic E-state index is 10.4. The number of hydrogen-bond donors (Lipinski definition) is 1. The third kappa shape index (κ3) is 0.909. The highest BCUT2D eigenvalue weighted by molar-refractivity contribution is 5.81. The predicted molar refractivity (Wildman–Crippen MR) is 45.6 cm³/mol. The van der Waals surface area contributed by atoms with Crippen molar-refractivity contribution in [3.05, 3.63) is 23.8 Å². The van der Waals surface area contributed by atoms with Crippen LogP contribution in [0.15, 0.2) is 23.8 Å². The molecule has 0 radical (unpaired) electrons. The summed E-state index contributed by atoms with van der Waals surface area (Å²) in [5, 5.41) is 8.59. The van der Waals surface area contributed by atoms with Crippen molar-refractivity contribution in [3.63, 3.8) is 0 Å². The smallest absolute Gasteiger partial charge is 0.328 e. The van der Waals surface area contributed by atoms with E-state index in [1.54, 1.807) is 0 Å². The number of aliphatic carboxylic acids is 1. The zero-order valence-electron chi connectivity index (χ0n) is 7.03. The van der Waals surface area contributed by atoms with Gasteiger partial charge in [-0.15, -0.1) is 0 Å². The lowest BCUT2D eigenvalue weighted by Gasteiger charge is -2.41. The van der Waals surface area contributed by atoms with Crippen molar-refractivity contribution in [3.8, 4) is 0 Å². The van der Waals surface area contributed by atoms with Gasteiger partial charge in [0.05, 0.1) is 0 Å². The van der Waals surface area contributed by atoms with E-state index < -0.39 is 5.97 Å². The molecule has 2 heteroatoms. The molecular weight excluding hydrogens is 152 g/mol. The van der Waals surface area contributed by atoms with Gasteiger partial charge in [-0.2, -0.15) is 0 Å². The van der Waals surface area contributed by atoms with Crippen molar-refractivity contribution in [2.24, 2.45) is 17.8 Å². The first kappa shape index (κ1) is 7.59. The summed E-state index contributed by atoms with van der Waals surface area (Å²) < 4.78 is 0. The van der Waals surface area contributed by atoms with Gasteiger partial charge < -0.3 is 5.11 Å². The zero-order chi connectivity index (χ0) is 8.72. The lowest BCUT2D eigenvalue weighted by Crippen LogP contribution is -2.34. The van der Waals surface area contributed by atoms with E-state index in [-0.39, 0.29) is 0 Å². The maximum Gasteiger partial charge on any atom is 0.328 e. The Morgan fingerprint density at radius 2 is 2.50 bits per heavy atom. The summed E-state index contributed by atoms with van der Waals surface area (Å²) in [4.78, 5) is 10.4. The molecule has 1 saturated carbocycles. The average Bonchev–Trinajstić information content (AvgIpc) is 2.44. The van der Waals surface area contributed by atoms with Crippen molar-refractivity contribution in [1.29, 1.82) is 0 Å². The molecule has 1 fully saturated rings. The van der Waals surface area contributed by atoms with Crippen molar-refractivity contribution in [2.75, 3.05) is 0 Å². The van der Waals surface area contributed by atoms with Crippen molar-refractivity contribution in [2.45, 2.75) is 13.3 Å². The van der Waals surface area contributed by atoms with Gasteiger partial charge >= 0.3 is 5.97 Å². The first-order chi connectivity index (χ1) is 5.70. The molecular formula is C10H12O2. The van der Waals surface area contributed by atoms with E-state index in [1.807, 2.05) is 0 Å². The maximum atomic E-state index is 10.4. The highest BCUT2D eigenvalue weighted by Gasteiger charge is 2.43. The van der Waals surface area contributed by atoms with E-state index >= 15 is 0 Å². The van der Waals surface area contributed by atoms with Crippen LogP contribution in [-0.4, -0.2) is 11.1 Å². The minimum Gasteiger partial charge on any atom is -0.478 e. The van der Waals surface area contributed by atoms with Gasteiger partial charge in [-0.3, -0.25) is 0 Å².